The molecule has 0 atom stereocenters. The van der Waals surface area contributed by atoms with Gasteiger partial charge in [-0.1, -0.05) is 0 Å². The maximum Gasteiger partial charge on any atom is 0.323 e. The maximum atomic E-state index is 12.2. The van der Waals surface area contributed by atoms with Crippen LogP contribution >= 0.6 is 0 Å². The van der Waals surface area contributed by atoms with Crippen molar-refractivity contribution in [2.75, 3.05) is 6.54 Å². The molecule has 0 aliphatic heterocycles. The second kappa shape index (κ2) is 4.78. The molecule has 0 radical (unpaired) electrons. The van der Waals surface area contributed by atoms with Crippen molar-refractivity contribution in [3.05, 3.63) is 0 Å². The van der Waals surface area contributed by atoms with Crippen molar-refractivity contribution in [1.29, 1.82) is 0 Å². The molecular weight excluding hydrogens is 232 g/mol. The third-order valence-electron chi connectivity index (χ3n) is 3.38. The lowest BCUT2D eigenvalue weighted by molar-refractivity contribution is -0.138. The summed E-state index contributed by atoms with van der Waals surface area (Å²) >= 11 is 0. The number of nitrogens with one attached hydrogen (secondary N) is 1. The summed E-state index contributed by atoms with van der Waals surface area (Å²) in [7, 11) is 0. The maximum absolute atomic E-state index is 12.2. The van der Waals surface area contributed by atoms with Gasteiger partial charge in [0.1, 0.15) is 6.54 Å². The summed E-state index contributed by atoms with van der Waals surface area (Å²) in [6.07, 6.45) is 2.25. The Morgan fingerprint density at radius 3 is 2.06 bits per heavy atom. The van der Waals surface area contributed by atoms with Crippen LogP contribution in [0.1, 0.15) is 47.5 Å². The second-order valence-corrected chi connectivity index (χ2v) is 6.58. The van der Waals surface area contributed by atoms with Crippen LogP contribution in [0.5, 0.6) is 0 Å². The fourth-order valence-corrected chi connectivity index (χ4v) is 2.00. The van der Waals surface area contributed by atoms with Crippen LogP contribution in [-0.2, 0) is 4.79 Å². The number of nitrogens with zero attached hydrogens (tertiary/aromatic N) is 1. The highest BCUT2D eigenvalue weighted by Gasteiger charge is 2.40. The lowest BCUT2D eigenvalue weighted by atomic mass is 9.99. The molecule has 0 heterocycles. The Morgan fingerprint density at radius 2 is 1.72 bits per heavy atom. The van der Waals surface area contributed by atoms with Gasteiger partial charge in [-0.25, -0.2) is 4.79 Å². The smallest absolute Gasteiger partial charge is 0.323 e. The topological polar surface area (TPSA) is 69.6 Å². The number of carboxylic acid groups (broad SMARTS) is 1. The molecule has 0 spiro atoms. The van der Waals surface area contributed by atoms with Crippen molar-refractivity contribution in [2.45, 2.75) is 58.5 Å². The van der Waals surface area contributed by atoms with Crippen molar-refractivity contribution >= 4 is 12.0 Å². The van der Waals surface area contributed by atoms with Crippen LogP contribution in [0.2, 0.25) is 0 Å². The van der Waals surface area contributed by atoms with Crippen LogP contribution in [0, 0.1) is 5.92 Å². The molecule has 1 aliphatic carbocycles. The van der Waals surface area contributed by atoms with Crippen LogP contribution in [0.3, 0.4) is 0 Å². The molecule has 0 aromatic carbocycles. The number of carbonyl (C=O) groups excluding carboxylic acids is 1. The quantitative estimate of drug-likeness (QED) is 0.809. The summed E-state index contributed by atoms with van der Waals surface area (Å²) < 4.78 is 0. The lowest BCUT2D eigenvalue weighted by Gasteiger charge is -2.37. The third-order valence-corrected chi connectivity index (χ3v) is 3.38. The van der Waals surface area contributed by atoms with E-state index < -0.39 is 11.5 Å². The van der Waals surface area contributed by atoms with Crippen molar-refractivity contribution in [2.24, 2.45) is 5.92 Å². The molecule has 1 saturated carbocycles. The summed E-state index contributed by atoms with van der Waals surface area (Å²) in [5.74, 6) is -0.489. The molecule has 0 aromatic rings. The minimum Gasteiger partial charge on any atom is -0.480 e. The minimum atomic E-state index is -0.996. The fourth-order valence-electron chi connectivity index (χ4n) is 2.00. The second-order valence-electron chi connectivity index (χ2n) is 6.58. The molecule has 18 heavy (non-hydrogen) atoms. The number of carboxylic acids is 1. The normalized spacial score (nSPS) is 16.3. The number of aliphatic carboxylic acids is 1. The zero-order chi connectivity index (χ0) is 14.1. The van der Waals surface area contributed by atoms with E-state index in [2.05, 4.69) is 5.32 Å². The first-order valence-electron chi connectivity index (χ1n) is 6.35. The average molecular weight is 256 g/mol. The predicted molar refractivity (Wildman–Crippen MR) is 69.4 cm³/mol. The van der Waals surface area contributed by atoms with Gasteiger partial charge in [-0.05, 0) is 53.4 Å². The van der Waals surface area contributed by atoms with Gasteiger partial charge in [0.2, 0.25) is 0 Å². The summed E-state index contributed by atoms with van der Waals surface area (Å²) in [5, 5.41) is 11.8. The number of rotatable bonds is 4. The van der Waals surface area contributed by atoms with E-state index in [1.165, 1.54) is 4.90 Å². The lowest BCUT2D eigenvalue weighted by Crippen LogP contribution is -2.57. The predicted octanol–water partition coefficient (Wildman–Crippen LogP) is 2.07. The molecule has 2 amide bonds. The van der Waals surface area contributed by atoms with Crippen molar-refractivity contribution in [3.8, 4) is 0 Å². The van der Waals surface area contributed by atoms with Gasteiger partial charge >= 0.3 is 12.0 Å². The van der Waals surface area contributed by atoms with Crippen LogP contribution in [0.15, 0.2) is 0 Å². The zero-order valence-corrected chi connectivity index (χ0v) is 11.9. The van der Waals surface area contributed by atoms with Gasteiger partial charge in [0.05, 0.1) is 0 Å². The monoisotopic (exact) mass is 256 g/mol. The van der Waals surface area contributed by atoms with Crippen molar-refractivity contribution < 1.29 is 14.7 Å². The highest BCUT2D eigenvalue weighted by Crippen LogP contribution is 2.39. The summed E-state index contributed by atoms with van der Waals surface area (Å²) in [6.45, 7) is 9.20. The Kier molecular flexibility index (Phi) is 3.93. The van der Waals surface area contributed by atoms with Gasteiger partial charge in [-0.15, -0.1) is 0 Å². The summed E-state index contributed by atoms with van der Waals surface area (Å²) in [6, 6.07) is -0.304. The molecule has 5 heteroatoms. The number of hydrogen-bond donors (Lipinski definition) is 2. The minimum absolute atomic E-state index is 0.265. The van der Waals surface area contributed by atoms with Crippen LogP contribution in [0.25, 0.3) is 0 Å². The highest BCUT2D eigenvalue weighted by molar-refractivity contribution is 5.81. The average Bonchev–Trinajstić information content (AvgIpc) is 2.93. The molecule has 104 valence electrons. The summed E-state index contributed by atoms with van der Waals surface area (Å²) in [5.41, 5.74) is -0.777. The molecular formula is C13H24N2O3. The summed E-state index contributed by atoms with van der Waals surface area (Å²) in [4.78, 5) is 24.4. The van der Waals surface area contributed by atoms with E-state index in [1.807, 2.05) is 34.6 Å². The highest BCUT2D eigenvalue weighted by atomic mass is 16.4. The zero-order valence-electron chi connectivity index (χ0n) is 11.9. The molecule has 5 nitrogen and oxygen atoms in total. The van der Waals surface area contributed by atoms with E-state index in [9.17, 15) is 9.59 Å². The van der Waals surface area contributed by atoms with Gasteiger partial charge in [0.15, 0.2) is 0 Å². The number of hydrogen-bond acceptors (Lipinski definition) is 2. The van der Waals surface area contributed by atoms with E-state index in [0.717, 1.165) is 12.8 Å². The molecule has 0 unspecified atom stereocenters. The van der Waals surface area contributed by atoms with E-state index in [0.29, 0.717) is 5.92 Å². The number of amides is 2. The van der Waals surface area contributed by atoms with Gasteiger partial charge in [-0.3, -0.25) is 4.79 Å². The Bertz CT molecular complexity index is 341. The van der Waals surface area contributed by atoms with Gasteiger partial charge in [-0.2, -0.15) is 0 Å². The van der Waals surface area contributed by atoms with E-state index in [4.69, 9.17) is 5.11 Å². The first-order chi connectivity index (χ1) is 8.04. The largest absolute Gasteiger partial charge is 0.480 e. The SMILES string of the molecule is CC(C)(NC(=O)N(CC(=O)O)C(C)(C)C)C1CC1. The van der Waals surface area contributed by atoms with Crippen LogP contribution in [0.4, 0.5) is 4.79 Å². The molecule has 1 fully saturated rings. The fraction of sp³-hybridized carbons (Fsp3) is 0.846. The first-order valence-corrected chi connectivity index (χ1v) is 6.35. The van der Waals surface area contributed by atoms with Gasteiger partial charge < -0.3 is 15.3 Å². The van der Waals surface area contributed by atoms with E-state index in [-0.39, 0.29) is 18.1 Å². The van der Waals surface area contributed by atoms with Crippen molar-refractivity contribution in [1.82, 2.24) is 10.2 Å². The Morgan fingerprint density at radius 1 is 1.22 bits per heavy atom. The molecule has 0 bridgehead atoms. The van der Waals surface area contributed by atoms with Crippen LogP contribution < -0.4 is 5.32 Å². The molecule has 2 N–H and O–H groups in total. The third kappa shape index (κ3) is 3.89. The Balaban J connectivity index is 2.73. The standard InChI is InChI=1S/C13H24N2O3/c1-12(2,3)15(8-10(16)17)11(18)14-13(4,5)9-6-7-9/h9H,6-8H2,1-5H3,(H,14,18)(H,16,17). The number of carbonyl (C=O) groups is 2. The van der Waals surface area contributed by atoms with E-state index in [1.54, 1.807) is 0 Å². The molecule has 1 aliphatic rings. The van der Waals surface area contributed by atoms with Crippen LogP contribution in [-0.4, -0.2) is 39.6 Å². The van der Waals surface area contributed by atoms with Gasteiger partial charge in [0.25, 0.3) is 0 Å². The molecule has 0 saturated heterocycles. The Labute approximate surface area is 109 Å². The van der Waals surface area contributed by atoms with E-state index >= 15 is 0 Å². The first kappa shape index (κ1) is 14.8. The molecule has 1 rings (SSSR count). The Hall–Kier alpha value is -1.26. The van der Waals surface area contributed by atoms with Gasteiger partial charge in [0, 0.05) is 11.1 Å². The van der Waals surface area contributed by atoms with Crippen molar-refractivity contribution in [3.63, 3.8) is 0 Å². The number of urea groups is 1. The molecule has 0 aromatic heterocycles.